The number of carbonyl (C=O) groups is 1. The minimum atomic E-state index is -0.797. The minimum absolute atomic E-state index is 0.390. The van der Waals surface area contributed by atoms with Crippen LogP contribution in [-0.2, 0) is 0 Å². The molecule has 2 aromatic rings. The van der Waals surface area contributed by atoms with Crippen LogP contribution in [0, 0.1) is 0 Å². The van der Waals surface area contributed by atoms with E-state index in [1.807, 2.05) is 18.2 Å². The highest BCUT2D eigenvalue weighted by Gasteiger charge is 2.25. The third-order valence-corrected chi connectivity index (χ3v) is 5.55. The summed E-state index contributed by atoms with van der Waals surface area (Å²) in [7, 11) is 1.64. The number of rotatable bonds is 3. The Labute approximate surface area is 128 Å². The number of thiophene rings is 1. The van der Waals surface area contributed by atoms with Crippen molar-refractivity contribution in [2.75, 3.05) is 7.11 Å². The molecule has 0 unspecified atom stereocenters. The maximum Gasteiger partial charge on any atom is 0.346 e. The van der Waals surface area contributed by atoms with Gasteiger partial charge in [-0.25, -0.2) is 4.79 Å². The van der Waals surface area contributed by atoms with E-state index in [1.54, 1.807) is 7.11 Å². The van der Waals surface area contributed by atoms with Gasteiger partial charge >= 0.3 is 5.97 Å². The van der Waals surface area contributed by atoms with Gasteiger partial charge in [0.15, 0.2) is 0 Å². The number of hydrogen-bond donors (Lipinski definition) is 1. The van der Waals surface area contributed by atoms with Crippen molar-refractivity contribution in [2.24, 2.45) is 0 Å². The highest BCUT2D eigenvalue weighted by atomic mass is 32.1. The Morgan fingerprint density at radius 3 is 2.57 bits per heavy atom. The molecule has 3 rings (SSSR count). The first-order valence-corrected chi connectivity index (χ1v) is 8.36. The average Bonchev–Trinajstić information content (AvgIpc) is 2.67. The second kappa shape index (κ2) is 6.06. The molecule has 1 heterocycles. The summed E-state index contributed by atoms with van der Waals surface area (Å²) in [5.41, 5.74) is 1.06. The quantitative estimate of drug-likeness (QED) is 0.807. The van der Waals surface area contributed by atoms with Gasteiger partial charge in [0.2, 0.25) is 0 Å². The maximum atomic E-state index is 11.7. The zero-order valence-electron chi connectivity index (χ0n) is 12.2. The Balaban J connectivity index is 2.13. The standard InChI is InChI=1S/C17H20O3S/c1-20-12-8-9-13-14(10-12)21-16(17(18)19)15(13)11-6-4-2-3-5-7-11/h8-11H,2-7H2,1H3,(H,18,19). The third-order valence-electron chi connectivity index (χ3n) is 4.39. The van der Waals surface area contributed by atoms with E-state index in [-0.39, 0.29) is 0 Å². The van der Waals surface area contributed by atoms with Gasteiger partial charge in [-0.2, -0.15) is 0 Å². The molecule has 0 aliphatic heterocycles. The first-order chi connectivity index (χ1) is 10.2. The van der Waals surface area contributed by atoms with Crippen LogP contribution in [0.4, 0.5) is 0 Å². The molecule has 1 fully saturated rings. The lowest BCUT2D eigenvalue weighted by Gasteiger charge is -2.15. The normalized spacial score (nSPS) is 16.8. The van der Waals surface area contributed by atoms with Crippen LogP contribution in [0.15, 0.2) is 18.2 Å². The van der Waals surface area contributed by atoms with Crippen molar-refractivity contribution in [3.05, 3.63) is 28.6 Å². The number of carboxylic acid groups (broad SMARTS) is 1. The molecule has 21 heavy (non-hydrogen) atoms. The van der Waals surface area contributed by atoms with Crippen molar-refractivity contribution >= 4 is 27.4 Å². The van der Waals surface area contributed by atoms with Gasteiger partial charge < -0.3 is 9.84 Å². The van der Waals surface area contributed by atoms with Crippen LogP contribution in [-0.4, -0.2) is 18.2 Å². The Kier molecular flexibility index (Phi) is 4.15. The predicted molar refractivity (Wildman–Crippen MR) is 85.8 cm³/mol. The number of carboxylic acids is 1. The van der Waals surface area contributed by atoms with Gasteiger partial charge in [-0.3, -0.25) is 0 Å². The molecular weight excluding hydrogens is 284 g/mol. The summed E-state index contributed by atoms with van der Waals surface area (Å²) in [5.74, 6) is 0.378. The molecule has 0 spiro atoms. The number of benzene rings is 1. The molecule has 1 aliphatic rings. The van der Waals surface area contributed by atoms with Crippen molar-refractivity contribution in [2.45, 2.75) is 44.4 Å². The smallest absolute Gasteiger partial charge is 0.346 e. The molecule has 4 heteroatoms. The number of methoxy groups -OCH3 is 1. The van der Waals surface area contributed by atoms with E-state index in [0.29, 0.717) is 10.8 Å². The van der Waals surface area contributed by atoms with Crippen molar-refractivity contribution in [1.29, 1.82) is 0 Å². The van der Waals surface area contributed by atoms with E-state index in [2.05, 4.69) is 0 Å². The summed E-state index contributed by atoms with van der Waals surface area (Å²) in [6.45, 7) is 0. The zero-order valence-corrected chi connectivity index (χ0v) is 13.0. The Bertz CT molecular complexity index is 651. The first kappa shape index (κ1) is 14.4. The van der Waals surface area contributed by atoms with Crippen LogP contribution in [0.3, 0.4) is 0 Å². The molecule has 1 aliphatic carbocycles. The number of fused-ring (bicyclic) bond motifs is 1. The number of aromatic carboxylic acids is 1. The molecule has 112 valence electrons. The molecule has 0 amide bonds. The molecule has 1 N–H and O–H groups in total. The Morgan fingerprint density at radius 1 is 1.24 bits per heavy atom. The van der Waals surface area contributed by atoms with Gasteiger partial charge in [0.25, 0.3) is 0 Å². The fourth-order valence-electron chi connectivity index (χ4n) is 3.36. The second-order valence-corrected chi connectivity index (χ2v) is 6.75. The Morgan fingerprint density at radius 2 is 1.95 bits per heavy atom. The molecule has 1 aromatic heterocycles. The van der Waals surface area contributed by atoms with Crippen LogP contribution in [0.5, 0.6) is 5.75 Å². The van der Waals surface area contributed by atoms with Crippen molar-refractivity contribution in [1.82, 2.24) is 0 Å². The van der Waals surface area contributed by atoms with E-state index in [9.17, 15) is 9.90 Å². The van der Waals surface area contributed by atoms with Crippen LogP contribution in [0.25, 0.3) is 10.1 Å². The third kappa shape index (κ3) is 2.77. The summed E-state index contributed by atoms with van der Waals surface area (Å²) in [5, 5.41) is 10.7. The minimum Gasteiger partial charge on any atom is -0.497 e. The van der Waals surface area contributed by atoms with Gasteiger partial charge in [0, 0.05) is 4.70 Å². The molecular formula is C17H20O3S. The fraction of sp³-hybridized carbons (Fsp3) is 0.471. The van der Waals surface area contributed by atoms with Gasteiger partial charge in [0.1, 0.15) is 10.6 Å². The second-order valence-electron chi connectivity index (χ2n) is 5.70. The topological polar surface area (TPSA) is 46.5 Å². The number of hydrogen-bond acceptors (Lipinski definition) is 3. The molecule has 0 bridgehead atoms. The van der Waals surface area contributed by atoms with E-state index in [0.717, 1.165) is 34.2 Å². The average molecular weight is 304 g/mol. The fourth-order valence-corrected chi connectivity index (χ4v) is 4.51. The van der Waals surface area contributed by atoms with Gasteiger partial charge in [-0.1, -0.05) is 25.7 Å². The lowest BCUT2D eigenvalue weighted by Crippen LogP contribution is -2.04. The van der Waals surface area contributed by atoms with E-state index in [4.69, 9.17) is 4.74 Å². The lowest BCUT2D eigenvalue weighted by molar-refractivity contribution is 0.0700. The summed E-state index contributed by atoms with van der Waals surface area (Å²) in [4.78, 5) is 12.2. The summed E-state index contributed by atoms with van der Waals surface area (Å²) < 4.78 is 6.28. The van der Waals surface area contributed by atoms with Gasteiger partial charge in [-0.05, 0) is 47.9 Å². The summed E-state index contributed by atoms with van der Waals surface area (Å²) >= 11 is 1.38. The molecule has 0 saturated heterocycles. The van der Waals surface area contributed by atoms with Crippen LogP contribution in [0.2, 0.25) is 0 Å². The highest BCUT2D eigenvalue weighted by molar-refractivity contribution is 7.21. The van der Waals surface area contributed by atoms with Crippen LogP contribution >= 0.6 is 11.3 Å². The van der Waals surface area contributed by atoms with Crippen LogP contribution in [0.1, 0.15) is 59.7 Å². The highest BCUT2D eigenvalue weighted by Crippen LogP contribution is 2.42. The monoisotopic (exact) mass is 304 g/mol. The first-order valence-electron chi connectivity index (χ1n) is 7.54. The molecule has 1 aromatic carbocycles. The molecule has 1 saturated carbocycles. The largest absolute Gasteiger partial charge is 0.497 e. The SMILES string of the molecule is COc1ccc2c(C3CCCCCC3)c(C(=O)O)sc2c1. The predicted octanol–water partition coefficient (Wildman–Crippen LogP) is 5.05. The lowest BCUT2D eigenvalue weighted by atomic mass is 9.89. The summed E-state index contributed by atoms with van der Waals surface area (Å²) in [6.07, 6.45) is 7.17. The summed E-state index contributed by atoms with van der Waals surface area (Å²) in [6, 6.07) is 5.91. The Hall–Kier alpha value is -1.55. The van der Waals surface area contributed by atoms with Crippen molar-refractivity contribution < 1.29 is 14.6 Å². The maximum absolute atomic E-state index is 11.7. The molecule has 0 radical (unpaired) electrons. The zero-order chi connectivity index (χ0) is 14.8. The molecule has 3 nitrogen and oxygen atoms in total. The van der Waals surface area contributed by atoms with Crippen LogP contribution < -0.4 is 4.74 Å². The van der Waals surface area contributed by atoms with Crippen molar-refractivity contribution in [3.8, 4) is 5.75 Å². The van der Waals surface area contributed by atoms with Gasteiger partial charge in [-0.15, -0.1) is 11.3 Å². The molecule has 0 atom stereocenters. The number of ether oxygens (including phenoxy) is 1. The van der Waals surface area contributed by atoms with Gasteiger partial charge in [0.05, 0.1) is 7.11 Å². The van der Waals surface area contributed by atoms with E-state index < -0.39 is 5.97 Å². The van der Waals surface area contributed by atoms with Crippen molar-refractivity contribution in [3.63, 3.8) is 0 Å². The van der Waals surface area contributed by atoms with E-state index in [1.165, 1.54) is 37.0 Å². The van der Waals surface area contributed by atoms with E-state index >= 15 is 0 Å².